The molecule has 0 fully saturated rings. The molecule has 0 radical (unpaired) electrons. The Hall–Kier alpha value is -3.42. The summed E-state index contributed by atoms with van der Waals surface area (Å²) in [5.74, 6) is 0.389. The van der Waals surface area contributed by atoms with E-state index in [-0.39, 0.29) is 30.3 Å². The van der Waals surface area contributed by atoms with E-state index in [1.54, 1.807) is 31.4 Å². The summed E-state index contributed by atoms with van der Waals surface area (Å²) in [4.78, 5) is 13.7. The zero-order valence-corrected chi connectivity index (χ0v) is 19.9. The van der Waals surface area contributed by atoms with Gasteiger partial charge in [-0.2, -0.15) is 4.31 Å². The van der Waals surface area contributed by atoms with Crippen molar-refractivity contribution in [2.75, 3.05) is 13.7 Å². The van der Waals surface area contributed by atoms with Gasteiger partial charge in [0.25, 0.3) is 0 Å². The molecule has 0 saturated heterocycles. The first kappa shape index (κ1) is 23.7. The zero-order valence-electron chi connectivity index (χ0n) is 19.1. The van der Waals surface area contributed by atoms with Gasteiger partial charge in [0.05, 0.1) is 12.0 Å². The fraction of sp³-hybridized carbons (Fsp3) is 0.222. The molecule has 4 rings (SSSR count). The largest absolute Gasteiger partial charge is 0.497 e. The number of hydrogen-bond donors (Lipinski definition) is 1. The van der Waals surface area contributed by atoms with Gasteiger partial charge in [-0.05, 0) is 53.3 Å². The molecule has 1 heterocycles. The maximum absolute atomic E-state index is 13.7. The van der Waals surface area contributed by atoms with Crippen LogP contribution in [-0.4, -0.2) is 38.3 Å². The average molecular weight is 477 g/mol. The molecule has 0 spiro atoms. The number of carbonyl (C=O) groups is 1. The topological polar surface area (TPSA) is 75.7 Å². The molecule has 0 aliphatic carbocycles. The quantitative estimate of drug-likeness (QED) is 0.559. The van der Waals surface area contributed by atoms with Crippen LogP contribution >= 0.6 is 0 Å². The van der Waals surface area contributed by atoms with Crippen LogP contribution in [0.15, 0.2) is 90.3 Å². The summed E-state index contributed by atoms with van der Waals surface area (Å²) in [5.41, 5.74) is 3.14. The fourth-order valence-electron chi connectivity index (χ4n) is 4.15. The van der Waals surface area contributed by atoms with Gasteiger partial charge >= 0.3 is 0 Å². The van der Waals surface area contributed by atoms with Crippen LogP contribution < -0.4 is 10.1 Å². The van der Waals surface area contributed by atoms with Crippen LogP contribution in [0.5, 0.6) is 5.75 Å². The van der Waals surface area contributed by atoms with Crippen molar-refractivity contribution < 1.29 is 17.9 Å². The molecule has 1 amide bonds. The molecule has 176 valence electrons. The first-order chi connectivity index (χ1) is 16.4. The van der Waals surface area contributed by atoms with E-state index in [4.69, 9.17) is 4.74 Å². The molecule has 0 bridgehead atoms. The number of rotatable bonds is 7. The molecular formula is C27H28N2O4S. The molecule has 0 unspecified atom stereocenters. The first-order valence-electron chi connectivity index (χ1n) is 11.1. The Morgan fingerprint density at radius 3 is 2.38 bits per heavy atom. The lowest BCUT2D eigenvalue weighted by Crippen LogP contribution is -2.50. The predicted molar refractivity (Wildman–Crippen MR) is 133 cm³/mol. The zero-order chi connectivity index (χ0) is 24.1. The Kier molecular flexibility index (Phi) is 7.14. The van der Waals surface area contributed by atoms with Gasteiger partial charge in [0.1, 0.15) is 11.8 Å². The third-order valence-electron chi connectivity index (χ3n) is 6.04. The maximum atomic E-state index is 13.7. The van der Waals surface area contributed by atoms with Gasteiger partial charge in [-0.25, -0.2) is 8.42 Å². The number of amides is 1. The Labute approximate surface area is 200 Å². The summed E-state index contributed by atoms with van der Waals surface area (Å²) in [7, 11) is -2.32. The van der Waals surface area contributed by atoms with Gasteiger partial charge in [-0.3, -0.25) is 4.79 Å². The van der Waals surface area contributed by atoms with Crippen LogP contribution in [0.3, 0.4) is 0 Å². The lowest BCUT2D eigenvalue weighted by Gasteiger charge is -2.29. The molecule has 0 saturated carbocycles. The summed E-state index contributed by atoms with van der Waals surface area (Å²) < 4.78 is 34.0. The number of nitrogens with one attached hydrogen (secondary N) is 1. The Balaban J connectivity index is 1.65. The second-order valence-electron chi connectivity index (χ2n) is 8.24. The van der Waals surface area contributed by atoms with Crippen molar-refractivity contribution in [1.29, 1.82) is 0 Å². The molecule has 3 aromatic rings. The summed E-state index contributed by atoms with van der Waals surface area (Å²) in [6.45, 7) is 4.56. The van der Waals surface area contributed by atoms with E-state index in [9.17, 15) is 13.2 Å². The van der Waals surface area contributed by atoms with Gasteiger partial charge in [-0.1, -0.05) is 67.2 Å². The molecule has 0 aromatic heterocycles. The van der Waals surface area contributed by atoms with Crippen LogP contribution in [-0.2, 0) is 27.8 Å². The van der Waals surface area contributed by atoms with Gasteiger partial charge in [0.15, 0.2) is 0 Å². The summed E-state index contributed by atoms with van der Waals surface area (Å²) in [5, 5.41) is 2.94. The average Bonchev–Trinajstić information content (AvgIpc) is 2.96. The van der Waals surface area contributed by atoms with Crippen LogP contribution in [0.4, 0.5) is 0 Å². The molecule has 1 atom stereocenters. The van der Waals surface area contributed by atoms with E-state index >= 15 is 0 Å². The van der Waals surface area contributed by atoms with Crippen molar-refractivity contribution in [2.45, 2.75) is 30.3 Å². The molecular weight excluding hydrogens is 448 g/mol. The number of methoxy groups -OCH3 is 1. The highest BCUT2D eigenvalue weighted by Gasteiger charge is 2.38. The van der Waals surface area contributed by atoms with E-state index in [2.05, 4.69) is 11.9 Å². The number of sulfonamides is 1. The minimum Gasteiger partial charge on any atom is -0.497 e. The molecule has 7 heteroatoms. The lowest BCUT2D eigenvalue weighted by atomic mass is 10.0. The Morgan fingerprint density at radius 1 is 1.00 bits per heavy atom. The number of carbonyl (C=O) groups excluding carboxylic acids is 1. The summed E-state index contributed by atoms with van der Waals surface area (Å²) in [6, 6.07) is 22.8. The number of ether oxygens (including phenoxy) is 1. The minimum atomic E-state index is -3.91. The van der Waals surface area contributed by atoms with Crippen LogP contribution in [0, 0.1) is 0 Å². The molecule has 34 heavy (non-hydrogen) atoms. The van der Waals surface area contributed by atoms with E-state index in [1.165, 1.54) is 4.31 Å². The second kappa shape index (κ2) is 10.2. The van der Waals surface area contributed by atoms with Crippen molar-refractivity contribution in [3.63, 3.8) is 0 Å². The first-order valence-corrected chi connectivity index (χ1v) is 12.6. The fourth-order valence-corrected chi connectivity index (χ4v) is 5.98. The SMILES string of the molecule is C=C1CCN([C@@H](Cc2ccccc2)C(=O)NCc2ccc(OC)cc2)S(=O)(=O)c2ccccc21. The highest BCUT2D eigenvalue weighted by molar-refractivity contribution is 7.89. The molecule has 3 aromatic carbocycles. The third kappa shape index (κ3) is 5.05. The minimum absolute atomic E-state index is 0.184. The van der Waals surface area contributed by atoms with Crippen molar-refractivity contribution in [1.82, 2.24) is 9.62 Å². The van der Waals surface area contributed by atoms with Crippen molar-refractivity contribution in [3.05, 3.63) is 102 Å². The Bertz CT molecular complexity index is 1270. The van der Waals surface area contributed by atoms with Gasteiger partial charge in [0, 0.05) is 13.1 Å². The summed E-state index contributed by atoms with van der Waals surface area (Å²) in [6.07, 6.45) is 0.719. The number of benzene rings is 3. The highest BCUT2D eigenvalue weighted by Crippen LogP contribution is 2.33. The monoisotopic (exact) mass is 476 g/mol. The van der Waals surface area contributed by atoms with E-state index in [0.29, 0.717) is 12.0 Å². The normalized spacial score (nSPS) is 16.2. The molecule has 6 nitrogen and oxygen atoms in total. The maximum Gasteiger partial charge on any atom is 0.244 e. The molecule has 1 aliphatic heterocycles. The van der Waals surface area contributed by atoms with Gasteiger partial charge in [0.2, 0.25) is 15.9 Å². The second-order valence-corrected chi connectivity index (χ2v) is 10.1. The highest BCUT2D eigenvalue weighted by atomic mass is 32.2. The smallest absolute Gasteiger partial charge is 0.244 e. The van der Waals surface area contributed by atoms with E-state index in [1.807, 2.05) is 54.6 Å². The van der Waals surface area contributed by atoms with Gasteiger partial charge < -0.3 is 10.1 Å². The number of nitrogens with zero attached hydrogens (tertiary/aromatic N) is 1. The summed E-state index contributed by atoms with van der Waals surface area (Å²) >= 11 is 0. The lowest BCUT2D eigenvalue weighted by molar-refractivity contribution is -0.125. The van der Waals surface area contributed by atoms with E-state index in [0.717, 1.165) is 22.4 Å². The van der Waals surface area contributed by atoms with Crippen LogP contribution in [0.2, 0.25) is 0 Å². The van der Waals surface area contributed by atoms with Crippen molar-refractivity contribution in [3.8, 4) is 5.75 Å². The molecule has 1 N–H and O–H groups in total. The van der Waals surface area contributed by atoms with Crippen molar-refractivity contribution >= 4 is 21.5 Å². The molecule has 1 aliphatic rings. The Morgan fingerprint density at radius 2 is 1.68 bits per heavy atom. The van der Waals surface area contributed by atoms with E-state index < -0.39 is 16.1 Å². The van der Waals surface area contributed by atoms with Crippen molar-refractivity contribution in [2.24, 2.45) is 0 Å². The van der Waals surface area contributed by atoms with Gasteiger partial charge in [-0.15, -0.1) is 0 Å². The number of fused-ring (bicyclic) bond motifs is 1. The number of hydrogen-bond acceptors (Lipinski definition) is 4. The third-order valence-corrected chi connectivity index (χ3v) is 8.00. The van der Waals surface area contributed by atoms with Crippen LogP contribution in [0.25, 0.3) is 5.57 Å². The van der Waals surface area contributed by atoms with Crippen LogP contribution in [0.1, 0.15) is 23.1 Å². The standard InChI is InChI=1S/C27H28N2O4S/c1-20-16-17-29(34(31,32)26-11-7-6-10-24(20)26)25(18-21-8-4-3-5-9-21)27(30)28-19-22-12-14-23(33-2)15-13-22/h3-15,25H,1,16-19H2,2H3,(H,28,30)/t25-/m0/s1. The predicted octanol–water partition coefficient (Wildman–Crippen LogP) is 4.03.